The SMILES string of the molecule is COc1cccc2[nH]c(C(=O)N3C[C@@H]4CCCC[C@@H]4[C@H]3C(=O)N[C@@H](C[C@@H]3CCNC3=O)C(=O)CO)cc12. The van der Waals surface area contributed by atoms with Gasteiger partial charge in [-0.15, -0.1) is 0 Å². The summed E-state index contributed by atoms with van der Waals surface area (Å²) in [5.41, 5.74) is 1.14. The molecule has 4 N–H and O–H groups in total. The van der Waals surface area contributed by atoms with Gasteiger partial charge in [0.25, 0.3) is 5.91 Å². The maximum Gasteiger partial charge on any atom is 0.271 e. The quantitative estimate of drug-likeness (QED) is 0.423. The summed E-state index contributed by atoms with van der Waals surface area (Å²) in [6.07, 6.45) is 4.53. The van der Waals surface area contributed by atoms with Crippen molar-refractivity contribution in [2.75, 3.05) is 26.8 Å². The molecule has 10 heteroatoms. The van der Waals surface area contributed by atoms with Crippen molar-refractivity contribution in [2.45, 2.75) is 50.6 Å². The number of aliphatic hydroxyl groups is 1. The van der Waals surface area contributed by atoms with Crippen LogP contribution < -0.4 is 15.4 Å². The van der Waals surface area contributed by atoms with Crippen molar-refractivity contribution < 1.29 is 29.0 Å². The number of likely N-dealkylation sites (tertiary alicyclic amines) is 1. The van der Waals surface area contributed by atoms with Crippen LogP contribution >= 0.6 is 0 Å². The van der Waals surface area contributed by atoms with Gasteiger partial charge in [-0.1, -0.05) is 18.9 Å². The number of ketones is 1. The zero-order chi connectivity index (χ0) is 26.1. The molecule has 3 aliphatic rings. The molecule has 0 radical (unpaired) electrons. The average Bonchev–Trinajstić information content (AvgIpc) is 3.63. The highest BCUT2D eigenvalue weighted by atomic mass is 16.5. The lowest BCUT2D eigenvalue weighted by Gasteiger charge is -2.31. The number of ether oxygens (including phenoxy) is 1. The minimum atomic E-state index is -0.983. The summed E-state index contributed by atoms with van der Waals surface area (Å²) >= 11 is 0. The van der Waals surface area contributed by atoms with Crippen molar-refractivity contribution in [3.8, 4) is 5.75 Å². The number of hydrogen-bond donors (Lipinski definition) is 4. The van der Waals surface area contributed by atoms with Gasteiger partial charge in [-0.25, -0.2) is 0 Å². The second-order valence-corrected chi connectivity index (χ2v) is 10.4. The fourth-order valence-corrected chi connectivity index (χ4v) is 6.39. The molecule has 3 heterocycles. The third-order valence-corrected chi connectivity index (χ3v) is 8.29. The number of aliphatic hydroxyl groups excluding tert-OH is 1. The molecule has 0 bridgehead atoms. The molecule has 0 unspecified atom stereocenters. The maximum atomic E-state index is 13.8. The van der Waals surface area contributed by atoms with Crippen molar-refractivity contribution >= 4 is 34.4 Å². The van der Waals surface area contributed by atoms with Gasteiger partial charge >= 0.3 is 0 Å². The van der Waals surface area contributed by atoms with E-state index in [4.69, 9.17) is 4.74 Å². The second-order valence-electron chi connectivity index (χ2n) is 10.4. The summed E-state index contributed by atoms with van der Waals surface area (Å²) in [4.78, 5) is 57.0. The highest BCUT2D eigenvalue weighted by Gasteiger charge is 2.49. The molecule has 1 aromatic carbocycles. The summed E-state index contributed by atoms with van der Waals surface area (Å²) in [7, 11) is 1.58. The first-order valence-electron chi connectivity index (χ1n) is 13.1. The number of nitrogens with zero attached hydrogens (tertiary/aromatic N) is 1. The lowest BCUT2D eigenvalue weighted by atomic mass is 9.78. The van der Waals surface area contributed by atoms with Gasteiger partial charge < -0.3 is 30.4 Å². The maximum absolute atomic E-state index is 13.8. The number of carbonyl (C=O) groups is 4. The number of methoxy groups -OCH3 is 1. The zero-order valence-electron chi connectivity index (χ0n) is 21.0. The summed E-state index contributed by atoms with van der Waals surface area (Å²) < 4.78 is 5.43. The molecule has 0 spiro atoms. The average molecular weight is 511 g/mol. The molecule has 1 aromatic heterocycles. The smallest absolute Gasteiger partial charge is 0.271 e. The van der Waals surface area contributed by atoms with E-state index in [2.05, 4.69) is 15.6 Å². The molecule has 1 aliphatic carbocycles. The van der Waals surface area contributed by atoms with Gasteiger partial charge in [0.1, 0.15) is 24.1 Å². The Morgan fingerprint density at radius 1 is 1.22 bits per heavy atom. The largest absolute Gasteiger partial charge is 0.496 e. The Labute approximate surface area is 215 Å². The van der Waals surface area contributed by atoms with Gasteiger partial charge in [-0.3, -0.25) is 19.2 Å². The van der Waals surface area contributed by atoms with Crippen LogP contribution in [0, 0.1) is 17.8 Å². The van der Waals surface area contributed by atoms with Crippen molar-refractivity contribution in [1.29, 1.82) is 0 Å². The number of Topliss-reactive ketones (excluding diaryl/α,β-unsaturated/α-hetero) is 1. The number of benzene rings is 1. The molecule has 198 valence electrons. The van der Waals surface area contributed by atoms with Crippen molar-refractivity contribution in [3.63, 3.8) is 0 Å². The Bertz CT molecular complexity index is 1210. The Kier molecular flexibility index (Phi) is 7.19. The lowest BCUT2D eigenvalue weighted by molar-refractivity contribution is -0.133. The highest BCUT2D eigenvalue weighted by Crippen LogP contribution is 2.41. The minimum Gasteiger partial charge on any atom is -0.496 e. The van der Waals surface area contributed by atoms with Crippen molar-refractivity contribution in [3.05, 3.63) is 30.0 Å². The number of aromatic nitrogens is 1. The third-order valence-electron chi connectivity index (χ3n) is 8.29. The molecule has 37 heavy (non-hydrogen) atoms. The monoisotopic (exact) mass is 510 g/mol. The number of H-pyrrole nitrogens is 1. The van der Waals surface area contributed by atoms with E-state index in [1.807, 2.05) is 18.2 Å². The van der Waals surface area contributed by atoms with E-state index >= 15 is 0 Å². The molecular weight excluding hydrogens is 476 g/mol. The molecule has 10 nitrogen and oxygen atoms in total. The molecule has 1 saturated carbocycles. The number of aromatic amines is 1. The van der Waals surface area contributed by atoms with Gasteiger partial charge in [-0.2, -0.15) is 0 Å². The van der Waals surface area contributed by atoms with Crippen LogP contribution in [0.15, 0.2) is 24.3 Å². The number of rotatable bonds is 8. The summed E-state index contributed by atoms with van der Waals surface area (Å²) in [6.45, 7) is 0.273. The van der Waals surface area contributed by atoms with Crippen molar-refractivity contribution in [1.82, 2.24) is 20.5 Å². The Morgan fingerprint density at radius 2 is 2.03 bits per heavy atom. The normalized spacial score (nSPS) is 26.0. The van der Waals surface area contributed by atoms with Crippen LogP contribution in [0.2, 0.25) is 0 Å². The van der Waals surface area contributed by atoms with E-state index in [-0.39, 0.29) is 30.1 Å². The number of amides is 3. The Hall–Kier alpha value is -3.40. The van der Waals surface area contributed by atoms with Crippen LogP contribution in [0.25, 0.3) is 10.9 Å². The predicted octanol–water partition coefficient (Wildman–Crippen LogP) is 1.38. The van der Waals surface area contributed by atoms with Gasteiger partial charge in [0, 0.05) is 29.9 Å². The molecule has 3 fully saturated rings. The van der Waals surface area contributed by atoms with Gasteiger partial charge in [-0.05, 0) is 55.7 Å². The van der Waals surface area contributed by atoms with E-state index in [0.717, 1.165) is 36.6 Å². The van der Waals surface area contributed by atoms with Crippen LogP contribution in [0.1, 0.15) is 49.0 Å². The van der Waals surface area contributed by atoms with Gasteiger partial charge in [0.15, 0.2) is 5.78 Å². The van der Waals surface area contributed by atoms with E-state index in [0.29, 0.717) is 31.0 Å². The molecule has 5 rings (SSSR count). The molecule has 5 atom stereocenters. The molecule has 2 aromatic rings. The highest BCUT2D eigenvalue weighted by molar-refractivity contribution is 6.02. The first-order valence-corrected chi connectivity index (χ1v) is 13.1. The van der Waals surface area contributed by atoms with Gasteiger partial charge in [0.2, 0.25) is 11.8 Å². The summed E-state index contributed by atoms with van der Waals surface area (Å²) in [6, 6.07) is 5.58. The molecule has 2 aliphatic heterocycles. The zero-order valence-corrected chi connectivity index (χ0v) is 21.0. The number of nitrogens with one attached hydrogen (secondary N) is 3. The number of fused-ring (bicyclic) bond motifs is 2. The predicted molar refractivity (Wildman–Crippen MR) is 135 cm³/mol. The third kappa shape index (κ3) is 4.82. The van der Waals surface area contributed by atoms with E-state index in [9.17, 15) is 24.3 Å². The first kappa shape index (κ1) is 25.3. The fraction of sp³-hybridized carbons (Fsp3) is 0.556. The van der Waals surface area contributed by atoms with Crippen molar-refractivity contribution in [2.24, 2.45) is 17.8 Å². The molecule has 2 saturated heterocycles. The van der Waals surface area contributed by atoms with Crippen LogP contribution in [-0.4, -0.2) is 77.4 Å². The number of carbonyl (C=O) groups excluding carboxylic acids is 4. The standard InChI is InChI=1S/C27H34N4O6/c1-37-23-8-4-7-19-18(23)12-21(29-19)27(36)31-13-16-5-2-3-6-17(16)24(31)26(35)30-20(22(33)14-32)11-15-9-10-28-25(15)34/h4,7-8,12,15-17,20,24,29,32H,2-3,5-6,9-11,13-14H2,1H3,(H,28,34)(H,30,35)/t15-,16-,17-,20-,24-/m0/s1. The van der Waals surface area contributed by atoms with Crippen LogP contribution in [0.3, 0.4) is 0 Å². The molecular formula is C27H34N4O6. The molecule has 3 amide bonds. The Balaban J connectivity index is 1.41. The van der Waals surface area contributed by atoms with Crippen LogP contribution in [0.4, 0.5) is 0 Å². The van der Waals surface area contributed by atoms with E-state index < -0.39 is 36.3 Å². The van der Waals surface area contributed by atoms with Gasteiger partial charge in [0.05, 0.1) is 13.2 Å². The minimum absolute atomic E-state index is 0.00345. The van der Waals surface area contributed by atoms with E-state index in [1.54, 1.807) is 18.1 Å². The van der Waals surface area contributed by atoms with E-state index in [1.165, 1.54) is 0 Å². The fourth-order valence-electron chi connectivity index (χ4n) is 6.39. The van der Waals surface area contributed by atoms with Crippen LogP contribution in [0.5, 0.6) is 5.75 Å². The lowest BCUT2D eigenvalue weighted by Crippen LogP contribution is -2.54. The number of hydrogen-bond acceptors (Lipinski definition) is 6. The Morgan fingerprint density at radius 3 is 2.76 bits per heavy atom. The second kappa shape index (κ2) is 10.5. The first-order chi connectivity index (χ1) is 17.9. The summed E-state index contributed by atoms with van der Waals surface area (Å²) in [5.74, 6) is -0.897. The topological polar surface area (TPSA) is 141 Å². The summed E-state index contributed by atoms with van der Waals surface area (Å²) in [5, 5.41) is 15.9. The van der Waals surface area contributed by atoms with Crippen LogP contribution in [-0.2, 0) is 14.4 Å².